The largest absolute Gasteiger partial charge is 0.480 e. The van der Waals surface area contributed by atoms with Crippen molar-refractivity contribution in [2.45, 2.75) is 25.8 Å². The van der Waals surface area contributed by atoms with Crippen LogP contribution in [0.3, 0.4) is 0 Å². The van der Waals surface area contributed by atoms with Crippen molar-refractivity contribution in [3.8, 4) is 0 Å². The van der Waals surface area contributed by atoms with Gasteiger partial charge in [-0.1, -0.05) is 13.0 Å². The Morgan fingerprint density at radius 2 is 2.47 bits per heavy atom. The lowest BCUT2D eigenvalue weighted by Crippen LogP contribution is -2.41. The van der Waals surface area contributed by atoms with Crippen LogP contribution in [-0.4, -0.2) is 34.5 Å². The number of carboxylic acids is 1. The summed E-state index contributed by atoms with van der Waals surface area (Å²) in [6, 6.07) is -0.782. The Morgan fingerprint density at radius 3 is 2.93 bits per heavy atom. The number of hydrogen-bond donors (Lipinski definition) is 1. The summed E-state index contributed by atoms with van der Waals surface area (Å²) in [5.74, 6) is -1.42. The van der Waals surface area contributed by atoms with Gasteiger partial charge in [0, 0.05) is 18.9 Å². The van der Waals surface area contributed by atoms with Gasteiger partial charge in [-0.25, -0.2) is 9.18 Å². The highest BCUT2D eigenvalue weighted by molar-refractivity contribution is 5.85. The maximum absolute atomic E-state index is 11.9. The number of carbonyl (C=O) groups excluding carboxylic acids is 1. The van der Waals surface area contributed by atoms with Crippen molar-refractivity contribution in [3.63, 3.8) is 0 Å². The minimum absolute atomic E-state index is 0.198. The Bertz CT molecular complexity index is 290. The number of aliphatic carboxylic acids is 1. The molecule has 84 valence electrons. The van der Waals surface area contributed by atoms with Gasteiger partial charge in [0.05, 0.1) is 6.33 Å². The van der Waals surface area contributed by atoms with Crippen LogP contribution in [0.2, 0.25) is 0 Å². The molecule has 0 aromatic carbocycles. The second kappa shape index (κ2) is 4.91. The molecule has 1 heterocycles. The van der Waals surface area contributed by atoms with Gasteiger partial charge in [0.1, 0.15) is 6.04 Å². The second-order valence-electron chi connectivity index (χ2n) is 3.59. The van der Waals surface area contributed by atoms with E-state index in [-0.39, 0.29) is 18.2 Å². The highest BCUT2D eigenvalue weighted by Crippen LogP contribution is 2.22. The minimum atomic E-state index is -1.00. The van der Waals surface area contributed by atoms with E-state index in [1.165, 1.54) is 11.0 Å². The topological polar surface area (TPSA) is 57.6 Å². The van der Waals surface area contributed by atoms with Crippen LogP contribution in [0.25, 0.3) is 0 Å². The fourth-order valence-corrected chi connectivity index (χ4v) is 1.82. The summed E-state index contributed by atoms with van der Waals surface area (Å²) in [4.78, 5) is 23.6. The van der Waals surface area contributed by atoms with Crippen molar-refractivity contribution in [1.82, 2.24) is 4.90 Å². The number of amides is 1. The molecule has 0 aliphatic carbocycles. The van der Waals surface area contributed by atoms with E-state index >= 15 is 0 Å². The van der Waals surface area contributed by atoms with E-state index in [9.17, 15) is 14.0 Å². The molecule has 1 amide bonds. The van der Waals surface area contributed by atoms with Crippen LogP contribution < -0.4 is 0 Å². The van der Waals surface area contributed by atoms with Crippen LogP contribution in [0.1, 0.15) is 19.8 Å². The van der Waals surface area contributed by atoms with Crippen LogP contribution in [0.15, 0.2) is 12.4 Å². The highest BCUT2D eigenvalue weighted by Gasteiger charge is 2.35. The molecule has 1 saturated heterocycles. The number of rotatable bonds is 4. The molecule has 0 aromatic heterocycles. The molecule has 2 atom stereocenters. The molecular formula is C10H14FNO3. The fourth-order valence-electron chi connectivity index (χ4n) is 1.82. The summed E-state index contributed by atoms with van der Waals surface area (Å²) in [6.07, 6.45) is 2.27. The molecule has 5 heteroatoms. The Hall–Kier alpha value is -1.39. The Balaban J connectivity index is 2.71. The predicted molar refractivity (Wildman–Crippen MR) is 51.8 cm³/mol. The zero-order valence-electron chi connectivity index (χ0n) is 8.52. The van der Waals surface area contributed by atoms with Gasteiger partial charge in [-0.05, 0) is 6.42 Å². The molecule has 1 aliphatic heterocycles. The molecule has 0 radical (unpaired) electrons. The minimum Gasteiger partial charge on any atom is -0.480 e. The number of nitrogens with zero attached hydrogens (tertiary/aromatic N) is 1. The van der Waals surface area contributed by atoms with Crippen molar-refractivity contribution in [2.75, 3.05) is 6.54 Å². The third-order valence-electron chi connectivity index (χ3n) is 2.58. The first-order valence-electron chi connectivity index (χ1n) is 4.89. The molecule has 15 heavy (non-hydrogen) atoms. The summed E-state index contributed by atoms with van der Waals surface area (Å²) in [7, 11) is 0. The van der Waals surface area contributed by atoms with Gasteiger partial charge >= 0.3 is 5.97 Å². The molecule has 1 rings (SSSR count). The quantitative estimate of drug-likeness (QED) is 0.766. The number of carbonyl (C=O) groups is 2. The van der Waals surface area contributed by atoms with Crippen LogP contribution in [0.5, 0.6) is 0 Å². The molecule has 1 N–H and O–H groups in total. The molecule has 1 aliphatic rings. The number of likely N-dealkylation sites (tertiary alicyclic amines) is 1. The first kappa shape index (κ1) is 11.7. The summed E-state index contributed by atoms with van der Waals surface area (Å²) >= 11 is 0. The van der Waals surface area contributed by atoms with Gasteiger partial charge in [-0.15, -0.1) is 0 Å². The third kappa shape index (κ3) is 2.55. The van der Waals surface area contributed by atoms with Gasteiger partial charge in [0.15, 0.2) is 0 Å². The Morgan fingerprint density at radius 1 is 1.80 bits per heavy atom. The van der Waals surface area contributed by atoms with E-state index in [2.05, 4.69) is 0 Å². The maximum atomic E-state index is 11.9. The molecule has 0 spiro atoms. The standard InChI is InChI=1S/C10H14FNO3/c1-2-8(10(14)15)12-6-7(3-4-11)5-9(12)13/h3-4,7-8H,2,5-6H2,1H3,(H,14,15). The van der Waals surface area contributed by atoms with Crippen molar-refractivity contribution >= 4 is 11.9 Å². The van der Waals surface area contributed by atoms with Crippen LogP contribution in [-0.2, 0) is 9.59 Å². The van der Waals surface area contributed by atoms with E-state index < -0.39 is 12.0 Å². The van der Waals surface area contributed by atoms with Crippen LogP contribution >= 0.6 is 0 Å². The van der Waals surface area contributed by atoms with E-state index in [1.54, 1.807) is 6.92 Å². The summed E-state index contributed by atoms with van der Waals surface area (Å²) in [6.45, 7) is 2.01. The number of carboxylic acid groups (broad SMARTS) is 1. The van der Waals surface area contributed by atoms with E-state index in [1.807, 2.05) is 0 Å². The van der Waals surface area contributed by atoms with Crippen molar-refractivity contribution in [2.24, 2.45) is 5.92 Å². The lowest BCUT2D eigenvalue weighted by molar-refractivity contribution is -0.148. The van der Waals surface area contributed by atoms with Crippen molar-refractivity contribution < 1.29 is 19.1 Å². The third-order valence-corrected chi connectivity index (χ3v) is 2.58. The molecule has 0 bridgehead atoms. The average Bonchev–Trinajstić information content (AvgIpc) is 2.49. The Labute approximate surface area is 87.4 Å². The van der Waals surface area contributed by atoms with Crippen LogP contribution in [0, 0.1) is 5.92 Å². The molecule has 0 aromatic rings. The fraction of sp³-hybridized carbons (Fsp3) is 0.600. The van der Waals surface area contributed by atoms with Gasteiger partial charge < -0.3 is 10.0 Å². The van der Waals surface area contributed by atoms with Gasteiger partial charge in [0.2, 0.25) is 5.91 Å². The van der Waals surface area contributed by atoms with Gasteiger partial charge in [-0.2, -0.15) is 0 Å². The van der Waals surface area contributed by atoms with Gasteiger partial charge in [0.25, 0.3) is 0 Å². The first-order valence-corrected chi connectivity index (χ1v) is 4.89. The smallest absolute Gasteiger partial charge is 0.326 e. The second-order valence-corrected chi connectivity index (χ2v) is 3.59. The molecule has 1 fully saturated rings. The van der Waals surface area contributed by atoms with E-state index in [4.69, 9.17) is 5.11 Å². The summed E-state index contributed by atoms with van der Waals surface area (Å²) in [5.41, 5.74) is 0. The van der Waals surface area contributed by atoms with Crippen molar-refractivity contribution in [3.05, 3.63) is 12.4 Å². The van der Waals surface area contributed by atoms with Gasteiger partial charge in [-0.3, -0.25) is 4.79 Å². The van der Waals surface area contributed by atoms with Crippen molar-refractivity contribution in [1.29, 1.82) is 0 Å². The summed E-state index contributed by atoms with van der Waals surface area (Å²) < 4.78 is 11.9. The Kier molecular flexibility index (Phi) is 3.82. The monoisotopic (exact) mass is 215 g/mol. The molecular weight excluding hydrogens is 201 g/mol. The molecule has 4 nitrogen and oxygen atoms in total. The zero-order valence-corrected chi connectivity index (χ0v) is 8.52. The lowest BCUT2D eigenvalue weighted by Gasteiger charge is -2.23. The summed E-state index contributed by atoms with van der Waals surface area (Å²) in [5, 5.41) is 8.88. The maximum Gasteiger partial charge on any atom is 0.326 e. The average molecular weight is 215 g/mol. The highest BCUT2D eigenvalue weighted by atomic mass is 19.1. The predicted octanol–water partition coefficient (Wildman–Crippen LogP) is 1.18. The van der Waals surface area contributed by atoms with E-state index in [0.717, 1.165) is 0 Å². The molecule has 0 saturated carbocycles. The zero-order chi connectivity index (χ0) is 11.4. The van der Waals surface area contributed by atoms with E-state index in [0.29, 0.717) is 19.3 Å². The normalized spacial score (nSPS) is 23.7. The number of halogens is 1. The lowest BCUT2D eigenvalue weighted by atomic mass is 10.1. The SMILES string of the molecule is CCC(C(=O)O)N1CC(C=CF)CC1=O. The molecule has 2 unspecified atom stereocenters. The number of hydrogen-bond acceptors (Lipinski definition) is 2. The first-order chi connectivity index (χ1) is 7.10. The van der Waals surface area contributed by atoms with Crippen LogP contribution in [0.4, 0.5) is 4.39 Å².